The Hall–Kier alpha value is -3.02. The number of fused-ring (bicyclic) bond motifs is 3. The molecule has 0 atom stereocenters. The second-order valence-corrected chi connectivity index (χ2v) is 8.22. The van der Waals surface area contributed by atoms with Gasteiger partial charge in [0.25, 0.3) is 0 Å². The number of carbonyl (C=O) groups excluding carboxylic acids is 1. The lowest BCUT2D eigenvalue weighted by molar-refractivity contribution is -0.135. The predicted octanol–water partition coefficient (Wildman–Crippen LogP) is 5.20. The van der Waals surface area contributed by atoms with Gasteiger partial charge in [0.1, 0.15) is 23.6 Å². The Kier molecular flexibility index (Phi) is 6.34. The molecule has 0 aliphatic carbocycles. The molecule has 30 heavy (non-hydrogen) atoms. The monoisotopic (exact) mass is 411 g/mol. The maximum Gasteiger partial charge on any atom is 0.413 e. The molecule has 0 unspecified atom stereocenters. The molecule has 160 valence electrons. The number of carbonyl (C=O) groups is 2. The fourth-order valence-electron chi connectivity index (χ4n) is 3.80. The Balaban J connectivity index is 2.07. The van der Waals surface area contributed by atoms with E-state index in [1.165, 1.54) is 0 Å². The summed E-state index contributed by atoms with van der Waals surface area (Å²) in [6.07, 6.45) is 3.30. The number of carboxylic acids is 1. The molecule has 3 rings (SSSR count). The second-order valence-electron chi connectivity index (χ2n) is 8.22. The van der Waals surface area contributed by atoms with Gasteiger partial charge in [-0.1, -0.05) is 43.5 Å². The van der Waals surface area contributed by atoms with E-state index >= 15 is 0 Å². The van der Waals surface area contributed by atoms with Gasteiger partial charge in [-0.3, -0.25) is 4.79 Å². The number of unbranched alkanes of at least 4 members (excludes halogenated alkanes) is 2. The van der Waals surface area contributed by atoms with E-state index in [0.717, 1.165) is 53.5 Å². The second kappa shape index (κ2) is 8.78. The summed E-state index contributed by atoms with van der Waals surface area (Å²) in [7, 11) is 0. The van der Waals surface area contributed by atoms with Crippen molar-refractivity contribution < 1.29 is 24.2 Å². The van der Waals surface area contributed by atoms with E-state index in [1.807, 2.05) is 45.0 Å². The number of rotatable bonds is 7. The fourth-order valence-corrected chi connectivity index (χ4v) is 3.80. The van der Waals surface area contributed by atoms with Gasteiger partial charge < -0.3 is 19.9 Å². The molecule has 0 aromatic heterocycles. The molecule has 0 spiro atoms. The summed E-state index contributed by atoms with van der Waals surface area (Å²) in [5.41, 5.74) is 4.28. The number of ether oxygens (including phenoxy) is 2. The SMILES string of the molecule is CCCCCc1cc(OC(=O)NCC(=O)O)c2c(c1)OC(C)(C)c1ccc(C)cc1-2. The largest absolute Gasteiger partial charge is 0.482 e. The fraction of sp³-hybridized carbons (Fsp3) is 0.417. The van der Waals surface area contributed by atoms with Gasteiger partial charge >= 0.3 is 12.1 Å². The summed E-state index contributed by atoms with van der Waals surface area (Å²) >= 11 is 0. The number of aliphatic carboxylic acids is 1. The number of nitrogens with one attached hydrogen (secondary N) is 1. The molecular weight excluding hydrogens is 382 g/mol. The predicted molar refractivity (Wildman–Crippen MR) is 115 cm³/mol. The zero-order valence-electron chi connectivity index (χ0n) is 18.0. The summed E-state index contributed by atoms with van der Waals surface area (Å²) in [5, 5.41) is 11.1. The number of amides is 1. The molecule has 1 heterocycles. The molecular formula is C24H29NO5. The van der Waals surface area contributed by atoms with E-state index in [1.54, 1.807) is 0 Å². The first-order valence-electron chi connectivity index (χ1n) is 10.4. The highest BCUT2D eigenvalue weighted by molar-refractivity contribution is 5.86. The number of hydrogen-bond acceptors (Lipinski definition) is 4. The number of carboxylic acid groups (broad SMARTS) is 1. The van der Waals surface area contributed by atoms with Crippen LogP contribution in [0.4, 0.5) is 4.79 Å². The van der Waals surface area contributed by atoms with Gasteiger partial charge in [0, 0.05) is 5.56 Å². The highest BCUT2D eigenvalue weighted by atomic mass is 16.6. The smallest absolute Gasteiger partial charge is 0.413 e. The molecule has 0 fully saturated rings. The zero-order valence-corrected chi connectivity index (χ0v) is 18.0. The molecule has 0 saturated carbocycles. The maximum absolute atomic E-state index is 12.2. The lowest BCUT2D eigenvalue weighted by Gasteiger charge is -2.36. The highest BCUT2D eigenvalue weighted by Gasteiger charge is 2.35. The normalized spacial score (nSPS) is 13.6. The molecule has 1 aliphatic heterocycles. The van der Waals surface area contributed by atoms with E-state index in [0.29, 0.717) is 11.5 Å². The van der Waals surface area contributed by atoms with Crippen LogP contribution >= 0.6 is 0 Å². The van der Waals surface area contributed by atoms with Crippen molar-refractivity contribution in [2.24, 2.45) is 0 Å². The van der Waals surface area contributed by atoms with Crippen molar-refractivity contribution in [3.8, 4) is 22.6 Å². The average molecular weight is 411 g/mol. The first kappa shape index (κ1) is 21.7. The average Bonchev–Trinajstić information content (AvgIpc) is 2.65. The standard InChI is InChI=1S/C24H29NO5/c1-5-6-7-8-16-12-19(29-23(28)25-14-21(26)27)22-17-11-15(2)9-10-18(17)24(3,4)30-20(22)13-16/h9-13H,5-8,14H2,1-4H3,(H,25,28)(H,26,27). The summed E-state index contributed by atoms with van der Waals surface area (Å²) in [6, 6.07) is 10.0. The Labute approximate surface area is 177 Å². The van der Waals surface area contributed by atoms with Crippen molar-refractivity contribution >= 4 is 12.1 Å². The third-order valence-electron chi connectivity index (χ3n) is 5.24. The summed E-state index contributed by atoms with van der Waals surface area (Å²) in [4.78, 5) is 23.0. The third-order valence-corrected chi connectivity index (χ3v) is 5.24. The lowest BCUT2D eigenvalue weighted by atomic mass is 9.84. The van der Waals surface area contributed by atoms with Gasteiger partial charge in [-0.05, 0) is 56.9 Å². The molecule has 2 aromatic rings. The minimum atomic E-state index is -1.13. The third kappa shape index (κ3) is 4.75. The van der Waals surface area contributed by atoms with Crippen molar-refractivity contribution in [3.63, 3.8) is 0 Å². The molecule has 0 bridgehead atoms. The Morgan fingerprint density at radius 3 is 2.63 bits per heavy atom. The highest BCUT2D eigenvalue weighted by Crippen LogP contribution is 2.50. The number of hydrogen-bond donors (Lipinski definition) is 2. The van der Waals surface area contributed by atoms with Gasteiger partial charge in [-0.2, -0.15) is 0 Å². The van der Waals surface area contributed by atoms with Crippen LogP contribution in [0.1, 0.15) is 56.7 Å². The van der Waals surface area contributed by atoms with Crippen LogP contribution in [0.25, 0.3) is 11.1 Å². The van der Waals surface area contributed by atoms with Crippen LogP contribution in [0.3, 0.4) is 0 Å². The quantitative estimate of drug-likeness (QED) is 0.612. The minimum Gasteiger partial charge on any atom is -0.482 e. The Morgan fingerprint density at radius 2 is 1.93 bits per heavy atom. The van der Waals surface area contributed by atoms with Gasteiger partial charge in [-0.15, -0.1) is 0 Å². The van der Waals surface area contributed by atoms with Crippen LogP contribution in [-0.4, -0.2) is 23.7 Å². The van der Waals surface area contributed by atoms with Gasteiger partial charge in [0.05, 0.1) is 5.56 Å². The molecule has 2 N–H and O–H groups in total. The molecule has 0 saturated heterocycles. The van der Waals surface area contributed by atoms with Crippen LogP contribution in [0.5, 0.6) is 11.5 Å². The maximum atomic E-state index is 12.2. The van der Waals surface area contributed by atoms with Crippen LogP contribution in [0, 0.1) is 6.92 Å². The summed E-state index contributed by atoms with van der Waals surface area (Å²) in [6.45, 7) is 7.71. The topological polar surface area (TPSA) is 84.9 Å². The number of benzene rings is 2. The van der Waals surface area contributed by atoms with Gasteiger partial charge in [0.2, 0.25) is 0 Å². The molecule has 1 amide bonds. The van der Waals surface area contributed by atoms with E-state index in [9.17, 15) is 9.59 Å². The zero-order chi connectivity index (χ0) is 21.9. The number of aryl methyl sites for hydroxylation is 2. The Bertz CT molecular complexity index is 964. The first-order valence-corrected chi connectivity index (χ1v) is 10.4. The van der Waals surface area contributed by atoms with Crippen LogP contribution in [0.15, 0.2) is 30.3 Å². The van der Waals surface area contributed by atoms with E-state index < -0.39 is 24.2 Å². The van der Waals surface area contributed by atoms with Gasteiger partial charge in [0.15, 0.2) is 0 Å². The minimum absolute atomic E-state index is 0.379. The van der Waals surface area contributed by atoms with E-state index in [4.69, 9.17) is 14.6 Å². The van der Waals surface area contributed by atoms with Crippen LogP contribution in [-0.2, 0) is 16.8 Å². The molecule has 0 radical (unpaired) electrons. The Morgan fingerprint density at radius 1 is 1.17 bits per heavy atom. The van der Waals surface area contributed by atoms with Crippen molar-refractivity contribution in [1.82, 2.24) is 5.32 Å². The summed E-state index contributed by atoms with van der Waals surface area (Å²) < 4.78 is 11.9. The molecule has 1 aliphatic rings. The van der Waals surface area contributed by atoms with Crippen LogP contribution in [0.2, 0.25) is 0 Å². The van der Waals surface area contributed by atoms with Crippen molar-refractivity contribution in [1.29, 1.82) is 0 Å². The van der Waals surface area contributed by atoms with Crippen molar-refractivity contribution in [3.05, 3.63) is 47.0 Å². The summed E-state index contributed by atoms with van der Waals surface area (Å²) in [5.74, 6) is -0.0780. The van der Waals surface area contributed by atoms with Crippen molar-refractivity contribution in [2.45, 2.75) is 59.0 Å². The first-order chi connectivity index (χ1) is 14.2. The van der Waals surface area contributed by atoms with E-state index in [-0.39, 0.29) is 0 Å². The molecule has 2 aromatic carbocycles. The van der Waals surface area contributed by atoms with Crippen LogP contribution < -0.4 is 14.8 Å². The lowest BCUT2D eigenvalue weighted by Crippen LogP contribution is -2.32. The molecule has 6 nitrogen and oxygen atoms in total. The van der Waals surface area contributed by atoms with E-state index in [2.05, 4.69) is 18.3 Å². The van der Waals surface area contributed by atoms with Gasteiger partial charge in [-0.25, -0.2) is 4.79 Å². The molecule has 6 heteroatoms. The van der Waals surface area contributed by atoms with Crippen molar-refractivity contribution in [2.75, 3.05) is 6.54 Å².